The van der Waals surface area contributed by atoms with Crippen LogP contribution in [-0.4, -0.2) is 10.9 Å². The highest BCUT2D eigenvalue weighted by atomic mass is 19.1. The topological polar surface area (TPSA) is 54.0 Å². The van der Waals surface area contributed by atoms with Crippen LogP contribution in [0.25, 0.3) is 0 Å². The van der Waals surface area contributed by atoms with Crippen LogP contribution in [0.4, 0.5) is 20.2 Å². The normalized spacial score (nSPS) is 10.3. The molecular formula is C19H15F2N3O. The molecule has 126 valence electrons. The van der Waals surface area contributed by atoms with E-state index in [0.717, 1.165) is 11.3 Å². The van der Waals surface area contributed by atoms with E-state index in [2.05, 4.69) is 15.6 Å². The number of aromatic nitrogens is 1. The molecule has 0 aliphatic carbocycles. The molecule has 0 fully saturated rings. The Morgan fingerprint density at radius 2 is 1.44 bits per heavy atom. The fourth-order valence-electron chi connectivity index (χ4n) is 2.17. The third-order valence-electron chi connectivity index (χ3n) is 3.51. The minimum Gasteiger partial charge on any atom is -0.380 e. The molecule has 0 unspecified atom stereocenters. The van der Waals surface area contributed by atoms with Crippen molar-refractivity contribution in [1.29, 1.82) is 0 Å². The standard InChI is InChI=1S/C19H15F2N3O/c20-14-3-1-13(2-4-14)11-22-17-9-10-18(23-12-17)19(25)24-16-7-5-15(21)6-8-16/h1-10,12,22H,11H2,(H,24,25). The van der Waals surface area contributed by atoms with Crippen molar-refractivity contribution in [2.75, 3.05) is 10.6 Å². The van der Waals surface area contributed by atoms with Gasteiger partial charge in [0.25, 0.3) is 5.91 Å². The van der Waals surface area contributed by atoms with Gasteiger partial charge < -0.3 is 10.6 Å². The van der Waals surface area contributed by atoms with E-state index in [9.17, 15) is 13.6 Å². The average Bonchev–Trinajstić information content (AvgIpc) is 2.63. The summed E-state index contributed by atoms with van der Waals surface area (Å²) in [7, 11) is 0. The lowest BCUT2D eigenvalue weighted by Gasteiger charge is -2.08. The average molecular weight is 339 g/mol. The molecule has 0 atom stereocenters. The van der Waals surface area contributed by atoms with Gasteiger partial charge >= 0.3 is 0 Å². The number of hydrogen-bond acceptors (Lipinski definition) is 3. The molecule has 2 N–H and O–H groups in total. The minimum absolute atomic E-state index is 0.247. The molecule has 1 aromatic heterocycles. The van der Waals surface area contributed by atoms with Crippen molar-refractivity contribution in [2.45, 2.75) is 6.54 Å². The van der Waals surface area contributed by atoms with Crippen molar-refractivity contribution in [3.05, 3.63) is 89.8 Å². The van der Waals surface area contributed by atoms with Gasteiger partial charge in [-0.1, -0.05) is 12.1 Å². The first-order valence-corrected chi connectivity index (χ1v) is 7.61. The van der Waals surface area contributed by atoms with Gasteiger partial charge in [-0.3, -0.25) is 4.79 Å². The first-order chi connectivity index (χ1) is 12.1. The van der Waals surface area contributed by atoms with Crippen molar-refractivity contribution in [3.8, 4) is 0 Å². The Labute approximate surface area is 143 Å². The summed E-state index contributed by atoms with van der Waals surface area (Å²) >= 11 is 0. The molecule has 0 saturated carbocycles. The summed E-state index contributed by atoms with van der Waals surface area (Å²) in [5.74, 6) is -1.02. The van der Waals surface area contributed by atoms with Crippen LogP contribution < -0.4 is 10.6 Å². The predicted molar refractivity (Wildman–Crippen MR) is 92.3 cm³/mol. The van der Waals surface area contributed by atoms with Crippen molar-refractivity contribution in [3.63, 3.8) is 0 Å². The molecule has 4 nitrogen and oxygen atoms in total. The molecule has 1 amide bonds. The molecule has 0 bridgehead atoms. The summed E-state index contributed by atoms with van der Waals surface area (Å²) in [5.41, 5.74) is 2.41. The van der Waals surface area contributed by atoms with Crippen molar-refractivity contribution >= 4 is 17.3 Å². The number of rotatable bonds is 5. The van der Waals surface area contributed by atoms with Gasteiger partial charge in [0, 0.05) is 12.2 Å². The van der Waals surface area contributed by atoms with Gasteiger partial charge in [0.1, 0.15) is 17.3 Å². The highest BCUT2D eigenvalue weighted by Crippen LogP contribution is 2.12. The number of nitrogens with one attached hydrogen (secondary N) is 2. The lowest BCUT2D eigenvalue weighted by Crippen LogP contribution is -2.13. The van der Waals surface area contributed by atoms with Gasteiger partial charge in [0.2, 0.25) is 0 Å². The quantitative estimate of drug-likeness (QED) is 0.732. The minimum atomic E-state index is -0.378. The Bertz CT molecular complexity index is 847. The number of benzene rings is 2. The van der Waals surface area contributed by atoms with Gasteiger partial charge in [0.15, 0.2) is 0 Å². The Balaban J connectivity index is 1.58. The number of carbonyl (C=O) groups is 1. The zero-order valence-corrected chi connectivity index (χ0v) is 13.2. The molecule has 3 rings (SSSR count). The Hall–Kier alpha value is -3.28. The third-order valence-corrected chi connectivity index (χ3v) is 3.51. The van der Waals surface area contributed by atoms with Crippen LogP contribution in [0.3, 0.4) is 0 Å². The van der Waals surface area contributed by atoms with Crippen LogP contribution >= 0.6 is 0 Å². The smallest absolute Gasteiger partial charge is 0.274 e. The summed E-state index contributed by atoms with van der Waals surface area (Å²) < 4.78 is 25.7. The number of nitrogens with zero attached hydrogens (tertiary/aromatic N) is 1. The molecule has 0 radical (unpaired) electrons. The van der Waals surface area contributed by atoms with Gasteiger partial charge in [-0.25, -0.2) is 13.8 Å². The summed E-state index contributed by atoms with van der Waals surface area (Å²) in [5, 5.41) is 5.79. The molecule has 3 aromatic rings. The molecule has 0 aliphatic heterocycles. The number of amides is 1. The summed E-state index contributed by atoms with van der Waals surface area (Å²) in [4.78, 5) is 16.2. The van der Waals surface area contributed by atoms with E-state index in [1.54, 1.807) is 30.5 Å². The highest BCUT2D eigenvalue weighted by molar-refractivity contribution is 6.02. The fourth-order valence-corrected chi connectivity index (χ4v) is 2.17. The van der Waals surface area contributed by atoms with E-state index < -0.39 is 0 Å². The van der Waals surface area contributed by atoms with E-state index in [4.69, 9.17) is 0 Å². The number of carbonyl (C=O) groups excluding carboxylic acids is 1. The summed E-state index contributed by atoms with van der Waals surface area (Å²) in [6.07, 6.45) is 1.54. The van der Waals surface area contributed by atoms with E-state index in [1.807, 2.05) is 0 Å². The van der Waals surface area contributed by atoms with E-state index in [0.29, 0.717) is 12.2 Å². The fraction of sp³-hybridized carbons (Fsp3) is 0.0526. The van der Waals surface area contributed by atoms with Gasteiger partial charge in [-0.05, 0) is 54.1 Å². The summed E-state index contributed by atoms with van der Waals surface area (Å²) in [6.45, 7) is 0.517. The van der Waals surface area contributed by atoms with Crippen LogP contribution in [0.1, 0.15) is 16.1 Å². The molecular weight excluding hydrogens is 324 g/mol. The molecule has 0 aliphatic rings. The largest absolute Gasteiger partial charge is 0.380 e. The van der Waals surface area contributed by atoms with Crippen LogP contribution in [0.2, 0.25) is 0 Å². The first kappa shape index (κ1) is 16.6. The van der Waals surface area contributed by atoms with Crippen LogP contribution in [0, 0.1) is 11.6 Å². The zero-order valence-electron chi connectivity index (χ0n) is 13.2. The Morgan fingerprint density at radius 1 is 0.840 bits per heavy atom. The maximum atomic E-state index is 12.9. The molecule has 6 heteroatoms. The van der Waals surface area contributed by atoms with Crippen LogP contribution in [-0.2, 0) is 6.54 Å². The van der Waals surface area contributed by atoms with E-state index in [-0.39, 0.29) is 23.2 Å². The lowest BCUT2D eigenvalue weighted by atomic mass is 10.2. The molecule has 0 saturated heterocycles. The monoisotopic (exact) mass is 339 g/mol. The summed E-state index contributed by atoms with van der Waals surface area (Å²) in [6, 6.07) is 15.0. The lowest BCUT2D eigenvalue weighted by molar-refractivity contribution is 0.102. The molecule has 25 heavy (non-hydrogen) atoms. The van der Waals surface area contributed by atoms with Crippen molar-refractivity contribution in [1.82, 2.24) is 4.98 Å². The van der Waals surface area contributed by atoms with Gasteiger partial charge in [-0.15, -0.1) is 0 Å². The van der Waals surface area contributed by atoms with Crippen molar-refractivity contribution in [2.24, 2.45) is 0 Å². The highest BCUT2D eigenvalue weighted by Gasteiger charge is 2.07. The van der Waals surface area contributed by atoms with Crippen molar-refractivity contribution < 1.29 is 13.6 Å². The second kappa shape index (κ2) is 7.53. The number of halogens is 2. The maximum Gasteiger partial charge on any atom is 0.274 e. The molecule has 2 aromatic carbocycles. The van der Waals surface area contributed by atoms with Crippen LogP contribution in [0.5, 0.6) is 0 Å². The van der Waals surface area contributed by atoms with Gasteiger partial charge in [-0.2, -0.15) is 0 Å². The third kappa shape index (κ3) is 4.60. The SMILES string of the molecule is O=C(Nc1ccc(F)cc1)c1ccc(NCc2ccc(F)cc2)cn1. The second-order valence-corrected chi connectivity index (χ2v) is 5.37. The van der Waals surface area contributed by atoms with E-state index >= 15 is 0 Å². The predicted octanol–water partition coefficient (Wildman–Crippen LogP) is 4.22. The second-order valence-electron chi connectivity index (χ2n) is 5.37. The Morgan fingerprint density at radius 3 is 2.04 bits per heavy atom. The zero-order chi connectivity index (χ0) is 17.6. The number of anilines is 2. The number of hydrogen-bond donors (Lipinski definition) is 2. The first-order valence-electron chi connectivity index (χ1n) is 7.61. The number of pyridine rings is 1. The maximum absolute atomic E-state index is 12.9. The molecule has 0 spiro atoms. The Kier molecular flexibility index (Phi) is 4.99. The van der Waals surface area contributed by atoms with Gasteiger partial charge in [0.05, 0.1) is 11.9 Å². The van der Waals surface area contributed by atoms with Crippen LogP contribution in [0.15, 0.2) is 66.9 Å². The molecule has 1 heterocycles. The van der Waals surface area contributed by atoms with E-state index in [1.165, 1.54) is 36.4 Å².